The summed E-state index contributed by atoms with van der Waals surface area (Å²) in [5.74, 6) is -4.82. The van der Waals surface area contributed by atoms with E-state index in [-0.39, 0.29) is 36.2 Å². The van der Waals surface area contributed by atoms with Crippen LogP contribution in [0, 0.1) is 17.8 Å². The zero-order valence-corrected chi connectivity index (χ0v) is 22.1. The molecule has 0 aromatic heterocycles. The summed E-state index contributed by atoms with van der Waals surface area (Å²) in [7, 11) is 2.74. The summed E-state index contributed by atoms with van der Waals surface area (Å²) < 4.78 is 5.30. The highest BCUT2D eigenvalue weighted by Gasteiger charge is 2.75. The highest BCUT2D eigenvalue weighted by Crippen LogP contribution is 2.65. The molecule has 6 atom stereocenters. The number of likely N-dealkylation sites (tertiary alicyclic amines) is 1. The van der Waals surface area contributed by atoms with E-state index in [9.17, 15) is 24.3 Å². The summed E-state index contributed by atoms with van der Waals surface area (Å²) in [6.45, 7) is 0. The number of ether oxygens (including phenoxy) is 1. The van der Waals surface area contributed by atoms with Gasteiger partial charge in [-0.15, -0.1) is 23.2 Å². The van der Waals surface area contributed by atoms with E-state index in [1.807, 2.05) is 6.08 Å². The SMILES string of the molecule is COc1cc([C@H]2C3=CC[C@@H]4C(=O)N(c5ccccc5)C(=O)[C@@H]4[C@@H]3C[C@@]3(Cl)C(=O)N(C)C(=O)[C@@]23Cl)ccc1O. The van der Waals surface area contributed by atoms with Gasteiger partial charge in [0, 0.05) is 13.0 Å². The number of imide groups is 2. The standard InChI is InChI=1S/C28H24Cl2N2O6/c1-31-25(36)27(29)13-18-16(22(28(27,30)26(31)37)14-8-11-19(33)20(12-14)38-2)9-10-17-21(18)24(35)32(23(17)34)15-6-4-3-5-7-15/h3-9,11-12,17-18,21-22,33H,10,13H2,1-2H3/t17-,18+,21-,22-,27+,28-/m0/s1. The third kappa shape index (κ3) is 2.98. The molecule has 1 saturated carbocycles. The molecule has 10 heteroatoms. The monoisotopic (exact) mass is 554 g/mol. The van der Waals surface area contributed by atoms with Crippen LogP contribution < -0.4 is 9.64 Å². The number of para-hydroxylation sites is 1. The average Bonchev–Trinajstić information content (AvgIpc) is 3.24. The van der Waals surface area contributed by atoms with Crippen molar-refractivity contribution in [2.24, 2.45) is 17.8 Å². The number of phenolic OH excluding ortho intramolecular Hbond substituents is 1. The molecule has 2 aromatic rings. The predicted octanol–water partition coefficient (Wildman–Crippen LogP) is 3.59. The zero-order chi connectivity index (χ0) is 27.1. The van der Waals surface area contributed by atoms with E-state index in [4.69, 9.17) is 27.9 Å². The number of fused-ring (bicyclic) bond motifs is 4. The normalized spacial score (nSPS) is 34.2. The molecule has 2 heterocycles. The molecule has 8 nitrogen and oxygen atoms in total. The van der Waals surface area contributed by atoms with Gasteiger partial charge in [0.2, 0.25) is 11.8 Å². The minimum Gasteiger partial charge on any atom is -0.504 e. The van der Waals surface area contributed by atoms with Gasteiger partial charge in [0.1, 0.15) is 0 Å². The largest absolute Gasteiger partial charge is 0.504 e. The Balaban J connectivity index is 1.53. The number of halogens is 2. The van der Waals surface area contributed by atoms with Gasteiger partial charge in [-0.05, 0) is 48.6 Å². The van der Waals surface area contributed by atoms with Crippen LogP contribution in [0.3, 0.4) is 0 Å². The molecular formula is C28H24Cl2N2O6. The summed E-state index contributed by atoms with van der Waals surface area (Å²) in [6.07, 6.45) is 2.07. The fourth-order valence-electron chi connectivity index (χ4n) is 6.82. The number of alkyl halides is 2. The minimum atomic E-state index is -1.89. The lowest BCUT2D eigenvalue weighted by atomic mass is 9.56. The number of methoxy groups -OCH3 is 1. The summed E-state index contributed by atoms with van der Waals surface area (Å²) in [5.41, 5.74) is 1.66. The fourth-order valence-corrected chi connectivity index (χ4v) is 7.84. The Kier molecular flexibility index (Phi) is 5.46. The van der Waals surface area contributed by atoms with Gasteiger partial charge in [-0.1, -0.05) is 35.9 Å². The molecule has 0 bridgehead atoms. The highest BCUT2D eigenvalue weighted by atomic mass is 35.5. The second-order valence-electron chi connectivity index (χ2n) is 10.3. The van der Waals surface area contributed by atoms with Crippen LogP contribution in [0.2, 0.25) is 0 Å². The van der Waals surface area contributed by atoms with Crippen molar-refractivity contribution in [3.63, 3.8) is 0 Å². The second kappa shape index (κ2) is 8.32. The minimum absolute atomic E-state index is 0.0761. The van der Waals surface area contributed by atoms with Crippen LogP contribution >= 0.6 is 23.2 Å². The number of hydrogen-bond donors (Lipinski definition) is 1. The molecule has 0 radical (unpaired) electrons. The molecule has 2 aliphatic heterocycles. The Morgan fingerprint density at radius 3 is 2.37 bits per heavy atom. The molecule has 1 N–H and O–H groups in total. The Bertz CT molecular complexity index is 1440. The number of rotatable bonds is 3. The van der Waals surface area contributed by atoms with Gasteiger partial charge >= 0.3 is 0 Å². The van der Waals surface area contributed by atoms with Crippen molar-refractivity contribution in [3.8, 4) is 11.5 Å². The summed E-state index contributed by atoms with van der Waals surface area (Å²) in [4.78, 5) is 52.8. The van der Waals surface area contributed by atoms with Gasteiger partial charge < -0.3 is 9.84 Å². The number of benzene rings is 2. The van der Waals surface area contributed by atoms with Crippen molar-refractivity contribution >= 4 is 52.5 Å². The van der Waals surface area contributed by atoms with Crippen LogP contribution in [-0.2, 0) is 19.2 Å². The van der Waals surface area contributed by atoms with Crippen LogP contribution in [0.15, 0.2) is 60.2 Å². The molecule has 0 spiro atoms. The van der Waals surface area contributed by atoms with Crippen molar-refractivity contribution in [3.05, 3.63) is 65.7 Å². The number of phenols is 1. The van der Waals surface area contributed by atoms with Gasteiger partial charge in [-0.2, -0.15) is 0 Å². The van der Waals surface area contributed by atoms with Crippen LogP contribution in [0.4, 0.5) is 5.69 Å². The Labute approximate surface area is 228 Å². The predicted molar refractivity (Wildman–Crippen MR) is 139 cm³/mol. The molecule has 2 saturated heterocycles. The number of aromatic hydroxyl groups is 1. The summed E-state index contributed by atoms with van der Waals surface area (Å²) >= 11 is 14.3. The third-order valence-electron chi connectivity index (χ3n) is 8.57. The van der Waals surface area contributed by atoms with E-state index in [1.54, 1.807) is 42.5 Å². The Morgan fingerprint density at radius 2 is 1.68 bits per heavy atom. The van der Waals surface area contributed by atoms with Crippen molar-refractivity contribution in [2.75, 3.05) is 19.1 Å². The number of nitrogens with zero attached hydrogens (tertiary/aromatic N) is 2. The lowest BCUT2D eigenvalue weighted by Crippen LogP contribution is -2.60. The number of hydrogen-bond acceptors (Lipinski definition) is 6. The van der Waals surface area contributed by atoms with Gasteiger partial charge in [0.25, 0.3) is 11.8 Å². The van der Waals surface area contributed by atoms with Crippen LogP contribution in [0.25, 0.3) is 0 Å². The summed E-state index contributed by atoms with van der Waals surface area (Å²) in [5, 5.41) is 10.2. The fraction of sp³-hybridized carbons (Fsp3) is 0.357. The Hall–Kier alpha value is -3.36. The number of carbonyl (C=O) groups excluding carboxylic acids is 4. The van der Waals surface area contributed by atoms with E-state index >= 15 is 0 Å². The average molecular weight is 555 g/mol. The molecule has 2 aliphatic carbocycles. The van der Waals surface area contributed by atoms with Crippen molar-refractivity contribution < 1.29 is 29.0 Å². The van der Waals surface area contributed by atoms with E-state index in [2.05, 4.69) is 0 Å². The first-order valence-corrected chi connectivity index (χ1v) is 13.0. The van der Waals surface area contributed by atoms with Crippen LogP contribution in [0.5, 0.6) is 11.5 Å². The first-order chi connectivity index (χ1) is 18.1. The lowest BCUT2D eigenvalue weighted by Gasteiger charge is -2.50. The zero-order valence-electron chi connectivity index (χ0n) is 20.6. The van der Waals surface area contributed by atoms with E-state index in [1.165, 1.54) is 25.1 Å². The molecular weight excluding hydrogens is 531 g/mol. The maximum Gasteiger partial charge on any atom is 0.253 e. The van der Waals surface area contributed by atoms with E-state index < -0.39 is 45.2 Å². The van der Waals surface area contributed by atoms with Gasteiger partial charge in [0.05, 0.1) is 24.6 Å². The molecule has 0 unspecified atom stereocenters. The second-order valence-corrected chi connectivity index (χ2v) is 11.5. The number of carbonyl (C=O) groups is 4. The van der Waals surface area contributed by atoms with Crippen molar-refractivity contribution in [1.29, 1.82) is 0 Å². The maximum atomic E-state index is 13.9. The molecule has 3 fully saturated rings. The molecule has 196 valence electrons. The topological polar surface area (TPSA) is 104 Å². The smallest absolute Gasteiger partial charge is 0.253 e. The Morgan fingerprint density at radius 1 is 0.974 bits per heavy atom. The van der Waals surface area contributed by atoms with E-state index in [0.29, 0.717) is 16.8 Å². The number of anilines is 1. The molecule has 4 aliphatic rings. The van der Waals surface area contributed by atoms with Gasteiger partial charge in [-0.3, -0.25) is 29.0 Å². The third-order valence-corrected chi connectivity index (χ3v) is 9.98. The van der Waals surface area contributed by atoms with E-state index in [0.717, 1.165) is 4.90 Å². The molecule has 38 heavy (non-hydrogen) atoms. The summed E-state index contributed by atoms with van der Waals surface area (Å²) in [6, 6.07) is 13.3. The molecule has 2 aromatic carbocycles. The first-order valence-electron chi connectivity index (χ1n) is 12.3. The van der Waals surface area contributed by atoms with Crippen LogP contribution in [0.1, 0.15) is 24.3 Å². The molecule has 4 amide bonds. The maximum absolute atomic E-state index is 13.9. The molecule has 6 rings (SSSR count). The van der Waals surface area contributed by atoms with Crippen molar-refractivity contribution in [2.45, 2.75) is 28.5 Å². The van der Waals surface area contributed by atoms with Gasteiger partial charge in [-0.25, -0.2) is 0 Å². The first kappa shape index (κ1) is 24.9. The van der Waals surface area contributed by atoms with Crippen molar-refractivity contribution in [1.82, 2.24) is 4.90 Å². The van der Waals surface area contributed by atoms with Crippen LogP contribution in [-0.4, -0.2) is 57.5 Å². The quantitative estimate of drug-likeness (QED) is 0.353. The number of allylic oxidation sites excluding steroid dienone is 2. The highest BCUT2D eigenvalue weighted by molar-refractivity contribution is 6.53. The number of amides is 4. The van der Waals surface area contributed by atoms with Gasteiger partial charge in [0.15, 0.2) is 21.2 Å². The lowest BCUT2D eigenvalue weighted by molar-refractivity contribution is -0.138.